The molecule has 84 valence electrons. The summed E-state index contributed by atoms with van der Waals surface area (Å²) in [6, 6.07) is 7.76. The lowest BCUT2D eigenvalue weighted by Crippen LogP contribution is -1.86. The highest BCUT2D eigenvalue weighted by atomic mass is 79.9. The van der Waals surface area contributed by atoms with E-state index in [0.29, 0.717) is 17.1 Å². The van der Waals surface area contributed by atoms with Crippen LogP contribution >= 0.6 is 15.9 Å². The maximum absolute atomic E-state index is 13.1. The smallest absolute Gasteiger partial charge is 0.135 e. The van der Waals surface area contributed by atoms with E-state index in [0.717, 1.165) is 4.47 Å². The van der Waals surface area contributed by atoms with E-state index in [2.05, 4.69) is 15.9 Å². The third-order valence-electron chi connectivity index (χ3n) is 2.23. The number of aliphatic hydroxyl groups excluding tert-OH is 1. The van der Waals surface area contributed by atoms with Crippen LogP contribution in [0.3, 0.4) is 0 Å². The first-order valence-electron chi connectivity index (χ1n) is 4.81. The minimum absolute atomic E-state index is 0.326. The fraction of sp³-hybridized carbons (Fsp3) is 0.167. The summed E-state index contributed by atoms with van der Waals surface area (Å²) in [6.45, 7) is 1.61. The van der Waals surface area contributed by atoms with Crippen molar-refractivity contribution in [2.75, 3.05) is 0 Å². The average Bonchev–Trinajstić information content (AvgIpc) is 2.70. The largest absolute Gasteiger partial charge is 0.458 e. The molecule has 2 rings (SSSR count). The molecule has 4 heteroatoms. The molecular weight excluding hydrogens is 275 g/mol. The maximum Gasteiger partial charge on any atom is 0.135 e. The van der Waals surface area contributed by atoms with Gasteiger partial charge in [-0.2, -0.15) is 0 Å². The molecule has 0 fully saturated rings. The molecule has 0 aliphatic heterocycles. The molecule has 0 radical (unpaired) electrons. The second-order valence-corrected chi connectivity index (χ2v) is 4.36. The van der Waals surface area contributed by atoms with Gasteiger partial charge in [-0.1, -0.05) is 15.9 Å². The molecule has 0 amide bonds. The van der Waals surface area contributed by atoms with Gasteiger partial charge in [0.05, 0.1) is 0 Å². The van der Waals surface area contributed by atoms with Crippen molar-refractivity contribution >= 4 is 15.9 Å². The van der Waals surface area contributed by atoms with Crippen molar-refractivity contribution in [3.8, 4) is 11.3 Å². The maximum atomic E-state index is 13.1. The molecule has 0 aliphatic carbocycles. The molecule has 0 saturated carbocycles. The van der Waals surface area contributed by atoms with E-state index >= 15 is 0 Å². The minimum Gasteiger partial charge on any atom is -0.458 e. The Morgan fingerprint density at radius 1 is 1.31 bits per heavy atom. The molecule has 1 aromatic heterocycles. The van der Waals surface area contributed by atoms with Crippen LogP contribution in [-0.4, -0.2) is 5.11 Å². The SMILES string of the molecule is CC(O)c1ccc(-c2cc(F)ccc2Br)o1. The van der Waals surface area contributed by atoms with E-state index in [-0.39, 0.29) is 5.82 Å². The second kappa shape index (κ2) is 4.39. The van der Waals surface area contributed by atoms with Gasteiger partial charge < -0.3 is 9.52 Å². The van der Waals surface area contributed by atoms with Crippen molar-refractivity contribution in [3.05, 3.63) is 46.4 Å². The van der Waals surface area contributed by atoms with Gasteiger partial charge in [0.15, 0.2) is 0 Å². The lowest BCUT2D eigenvalue weighted by atomic mass is 10.2. The summed E-state index contributed by atoms with van der Waals surface area (Å²) in [5, 5.41) is 9.33. The zero-order chi connectivity index (χ0) is 11.7. The van der Waals surface area contributed by atoms with E-state index in [9.17, 15) is 9.50 Å². The predicted molar refractivity (Wildman–Crippen MR) is 62.4 cm³/mol. The first kappa shape index (κ1) is 11.4. The summed E-state index contributed by atoms with van der Waals surface area (Å²) in [4.78, 5) is 0. The van der Waals surface area contributed by atoms with Gasteiger partial charge in [-0.3, -0.25) is 0 Å². The lowest BCUT2D eigenvalue weighted by molar-refractivity contribution is 0.170. The van der Waals surface area contributed by atoms with Crippen LogP contribution in [0.5, 0.6) is 0 Å². The van der Waals surface area contributed by atoms with Gasteiger partial charge in [0.25, 0.3) is 0 Å². The monoisotopic (exact) mass is 284 g/mol. The number of benzene rings is 1. The van der Waals surface area contributed by atoms with Crippen LogP contribution in [0, 0.1) is 5.82 Å². The van der Waals surface area contributed by atoms with Gasteiger partial charge in [-0.25, -0.2) is 4.39 Å². The normalized spacial score (nSPS) is 12.8. The van der Waals surface area contributed by atoms with Gasteiger partial charge in [0, 0.05) is 10.0 Å². The van der Waals surface area contributed by atoms with Gasteiger partial charge in [0.1, 0.15) is 23.4 Å². The third kappa shape index (κ3) is 2.18. The van der Waals surface area contributed by atoms with Gasteiger partial charge in [-0.05, 0) is 37.3 Å². The van der Waals surface area contributed by atoms with Crippen molar-refractivity contribution in [3.63, 3.8) is 0 Å². The summed E-state index contributed by atoms with van der Waals surface area (Å²) in [5.74, 6) is 0.668. The van der Waals surface area contributed by atoms with Crippen LogP contribution in [0.1, 0.15) is 18.8 Å². The lowest BCUT2D eigenvalue weighted by Gasteiger charge is -2.02. The Morgan fingerprint density at radius 2 is 2.06 bits per heavy atom. The van der Waals surface area contributed by atoms with Crippen LogP contribution in [0.2, 0.25) is 0 Å². The molecule has 0 bridgehead atoms. The van der Waals surface area contributed by atoms with E-state index in [1.54, 1.807) is 25.1 Å². The van der Waals surface area contributed by atoms with E-state index in [1.807, 2.05) is 0 Å². The zero-order valence-corrected chi connectivity index (χ0v) is 10.2. The molecule has 0 spiro atoms. The number of hydrogen-bond acceptors (Lipinski definition) is 2. The van der Waals surface area contributed by atoms with Crippen molar-refractivity contribution in [1.29, 1.82) is 0 Å². The molecule has 0 aliphatic rings. The predicted octanol–water partition coefficient (Wildman–Crippen LogP) is 3.90. The molecule has 16 heavy (non-hydrogen) atoms. The Kier molecular flexibility index (Phi) is 3.12. The number of aliphatic hydroxyl groups is 1. The van der Waals surface area contributed by atoms with Crippen LogP contribution in [0.4, 0.5) is 4.39 Å². The third-order valence-corrected chi connectivity index (χ3v) is 2.92. The Bertz CT molecular complexity index is 505. The summed E-state index contributed by atoms with van der Waals surface area (Å²) in [6.07, 6.45) is -0.666. The quantitative estimate of drug-likeness (QED) is 0.907. The van der Waals surface area contributed by atoms with Crippen molar-refractivity contribution in [2.45, 2.75) is 13.0 Å². The average molecular weight is 285 g/mol. The number of rotatable bonds is 2. The number of furan rings is 1. The summed E-state index contributed by atoms with van der Waals surface area (Å²) >= 11 is 3.32. The molecule has 0 saturated heterocycles. The standard InChI is InChI=1S/C12H10BrFO2/c1-7(15)11-4-5-12(16-11)9-6-8(14)2-3-10(9)13/h2-7,15H,1H3. The molecule has 2 nitrogen and oxygen atoms in total. The Balaban J connectivity index is 2.46. The molecule has 1 unspecified atom stereocenters. The van der Waals surface area contributed by atoms with Crippen LogP contribution in [-0.2, 0) is 0 Å². The Morgan fingerprint density at radius 3 is 2.69 bits per heavy atom. The molecule has 1 N–H and O–H groups in total. The zero-order valence-electron chi connectivity index (χ0n) is 8.58. The highest BCUT2D eigenvalue weighted by Gasteiger charge is 2.11. The van der Waals surface area contributed by atoms with Crippen LogP contribution < -0.4 is 0 Å². The molecule has 1 aromatic carbocycles. The molecule has 2 aromatic rings. The fourth-order valence-corrected chi connectivity index (χ4v) is 1.85. The number of hydrogen-bond donors (Lipinski definition) is 1. The molecular formula is C12H10BrFO2. The summed E-state index contributed by atoms with van der Waals surface area (Å²) in [7, 11) is 0. The van der Waals surface area contributed by atoms with Gasteiger partial charge >= 0.3 is 0 Å². The van der Waals surface area contributed by atoms with E-state index in [1.165, 1.54) is 12.1 Å². The topological polar surface area (TPSA) is 33.4 Å². The summed E-state index contributed by atoms with van der Waals surface area (Å²) in [5.41, 5.74) is 0.631. The first-order valence-corrected chi connectivity index (χ1v) is 5.60. The fourth-order valence-electron chi connectivity index (χ4n) is 1.41. The van der Waals surface area contributed by atoms with Crippen LogP contribution in [0.25, 0.3) is 11.3 Å². The van der Waals surface area contributed by atoms with Gasteiger partial charge in [-0.15, -0.1) is 0 Å². The first-order chi connectivity index (χ1) is 7.58. The Hall–Kier alpha value is -1.13. The summed E-state index contributed by atoms with van der Waals surface area (Å²) < 4.78 is 19.3. The highest BCUT2D eigenvalue weighted by molar-refractivity contribution is 9.10. The second-order valence-electron chi connectivity index (χ2n) is 3.50. The van der Waals surface area contributed by atoms with Crippen molar-refractivity contribution in [2.24, 2.45) is 0 Å². The Labute approximate surface area is 101 Å². The number of halogens is 2. The van der Waals surface area contributed by atoms with E-state index < -0.39 is 6.10 Å². The van der Waals surface area contributed by atoms with Crippen LogP contribution in [0.15, 0.2) is 39.2 Å². The van der Waals surface area contributed by atoms with Crippen molar-refractivity contribution < 1.29 is 13.9 Å². The highest BCUT2D eigenvalue weighted by Crippen LogP contribution is 2.31. The van der Waals surface area contributed by atoms with Crippen molar-refractivity contribution in [1.82, 2.24) is 0 Å². The molecule has 1 heterocycles. The van der Waals surface area contributed by atoms with Gasteiger partial charge in [0.2, 0.25) is 0 Å². The minimum atomic E-state index is -0.666. The molecule has 1 atom stereocenters. The van der Waals surface area contributed by atoms with E-state index in [4.69, 9.17) is 4.42 Å².